The average molecular weight is 215 g/mol. The second-order valence-electron chi connectivity index (χ2n) is 4.11. The van der Waals surface area contributed by atoms with Crippen LogP contribution in [-0.4, -0.2) is 44.5 Å². The van der Waals surface area contributed by atoms with Gasteiger partial charge in [-0.3, -0.25) is 4.79 Å². The summed E-state index contributed by atoms with van der Waals surface area (Å²) in [5.41, 5.74) is 5.35. The highest BCUT2D eigenvalue weighted by Gasteiger charge is 1.99. The van der Waals surface area contributed by atoms with E-state index < -0.39 is 0 Å². The smallest absolute Gasteiger partial charge is 0.219 e. The van der Waals surface area contributed by atoms with Crippen LogP contribution in [0, 0.1) is 0 Å². The Balaban J connectivity index is 3.17. The van der Waals surface area contributed by atoms with E-state index in [-0.39, 0.29) is 5.91 Å². The summed E-state index contributed by atoms with van der Waals surface area (Å²) in [5, 5.41) is 2.92. The maximum atomic E-state index is 11.3. The van der Waals surface area contributed by atoms with Crippen molar-refractivity contribution in [3.8, 4) is 0 Å². The van der Waals surface area contributed by atoms with Gasteiger partial charge in [-0.25, -0.2) is 0 Å². The van der Waals surface area contributed by atoms with Crippen molar-refractivity contribution in [2.24, 2.45) is 5.73 Å². The maximum Gasteiger partial charge on any atom is 0.219 e. The molecule has 0 unspecified atom stereocenters. The molecule has 0 aliphatic carbocycles. The molecule has 1 amide bonds. The van der Waals surface area contributed by atoms with Gasteiger partial charge in [0.2, 0.25) is 5.91 Å². The van der Waals surface area contributed by atoms with E-state index in [1.807, 2.05) is 0 Å². The lowest BCUT2D eigenvalue weighted by atomic mass is 10.2. The molecular formula is C11H25N3O. The van der Waals surface area contributed by atoms with Crippen LogP contribution in [-0.2, 0) is 4.79 Å². The molecule has 0 heterocycles. The minimum atomic E-state index is 0.160. The molecular weight excluding hydrogens is 190 g/mol. The highest BCUT2D eigenvalue weighted by molar-refractivity contribution is 5.75. The molecule has 0 aromatic heterocycles. The van der Waals surface area contributed by atoms with E-state index in [2.05, 4.69) is 24.3 Å². The van der Waals surface area contributed by atoms with Gasteiger partial charge in [-0.2, -0.15) is 0 Å². The summed E-state index contributed by atoms with van der Waals surface area (Å²) < 4.78 is 0. The Bertz CT molecular complexity index is 160. The molecule has 0 atom stereocenters. The van der Waals surface area contributed by atoms with E-state index in [0.29, 0.717) is 13.0 Å². The molecule has 0 bridgehead atoms. The number of rotatable bonds is 9. The predicted octanol–water partition coefficient (Wildman–Crippen LogP) is 0.573. The van der Waals surface area contributed by atoms with E-state index in [0.717, 1.165) is 38.8 Å². The van der Waals surface area contributed by atoms with Gasteiger partial charge >= 0.3 is 0 Å². The fourth-order valence-electron chi connectivity index (χ4n) is 1.30. The van der Waals surface area contributed by atoms with Crippen LogP contribution < -0.4 is 11.1 Å². The van der Waals surface area contributed by atoms with E-state index in [1.165, 1.54) is 0 Å². The van der Waals surface area contributed by atoms with Gasteiger partial charge in [0.15, 0.2) is 0 Å². The fourth-order valence-corrected chi connectivity index (χ4v) is 1.30. The monoisotopic (exact) mass is 215 g/mol. The SMILES string of the molecule is CN(C)CCCCNC(=O)CCCCN. The Morgan fingerprint density at radius 1 is 1.20 bits per heavy atom. The highest BCUT2D eigenvalue weighted by Crippen LogP contribution is 1.94. The number of amides is 1. The second-order valence-corrected chi connectivity index (χ2v) is 4.11. The lowest BCUT2D eigenvalue weighted by molar-refractivity contribution is -0.121. The van der Waals surface area contributed by atoms with Crippen LogP contribution in [0.3, 0.4) is 0 Å². The van der Waals surface area contributed by atoms with Gasteiger partial charge in [0.05, 0.1) is 0 Å². The van der Waals surface area contributed by atoms with E-state index >= 15 is 0 Å². The van der Waals surface area contributed by atoms with Crippen LogP contribution in [0.5, 0.6) is 0 Å². The number of nitrogens with one attached hydrogen (secondary N) is 1. The standard InChI is InChI=1S/C11H25N3O/c1-14(2)10-6-5-9-13-11(15)7-3-4-8-12/h3-10,12H2,1-2H3,(H,13,15). The van der Waals surface area contributed by atoms with Gasteiger partial charge in [-0.05, 0) is 52.9 Å². The molecule has 0 fully saturated rings. The van der Waals surface area contributed by atoms with Crippen LogP contribution in [0.1, 0.15) is 32.1 Å². The van der Waals surface area contributed by atoms with Crippen LogP contribution in [0.15, 0.2) is 0 Å². The summed E-state index contributed by atoms with van der Waals surface area (Å²) in [6.07, 6.45) is 4.65. The summed E-state index contributed by atoms with van der Waals surface area (Å²) in [4.78, 5) is 13.4. The largest absolute Gasteiger partial charge is 0.356 e. The lowest BCUT2D eigenvalue weighted by Gasteiger charge is -2.09. The van der Waals surface area contributed by atoms with Gasteiger partial charge in [-0.15, -0.1) is 0 Å². The van der Waals surface area contributed by atoms with E-state index in [1.54, 1.807) is 0 Å². The highest BCUT2D eigenvalue weighted by atomic mass is 16.1. The van der Waals surface area contributed by atoms with Crippen molar-refractivity contribution in [2.75, 3.05) is 33.7 Å². The van der Waals surface area contributed by atoms with Gasteiger partial charge in [0.1, 0.15) is 0 Å². The van der Waals surface area contributed by atoms with E-state index in [9.17, 15) is 4.79 Å². The lowest BCUT2D eigenvalue weighted by Crippen LogP contribution is -2.25. The zero-order valence-electron chi connectivity index (χ0n) is 10.1. The Kier molecular flexibility index (Phi) is 9.52. The molecule has 0 rings (SSSR count). The summed E-state index contributed by atoms with van der Waals surface area (Å²) in [5.74, 6) is 0.160. The zero-order chi connectivity index (χ0) is 11.5. The molecule has 0 aromatic rings. The number of nitrogens with zero attached hydrogens (tertiary/aromatic N) is 1. The van der Waals surface area contributed by atoms with Gasteiger partial charge in [-0.1, -0.05) is 0 Å². The van der Waals surface area contributed by atoms with Crippen molar-refractivity contribution < 1.29 is 4.79 Å². The summed E-state index contributed by atoms with van der Waals surface area (Å²) in [6.45, 7) is 2.56. The number of carbonyl (C=O) groups excluding carboxylic acids is 1. The van der Waals surface area contributed by atoms with Crippen molar-refractivity contribution >= 4 is 5.91 Å². The van der Waals surface area contributed by atoms with Crippen LogP contribution in [0.4, 0.5) is 0 Å². The third kappa shape index (κ3) is 11.3. The third-order valence-corrected chi connectivity index (χ3v) is 2.21. The van der Waals surface area contributed by atoms with Crippen LogP contribution in [0.25, 0.3) is 0 Å². The number of hydrogen-bond donors (Lipinski definition) is 2. The first kappa shape index (κ1) is 14.4. The fraction of sp³-hybridized carbons (Fsp3) is 0.909. The predicted molar refractivity (Wildman–Crippen MR) is 63.7 cm³/mol. The Hall–Kier alpha value is -0.610. The number of unbranched alkanes of at least 4 members (excludes halogenated alkanes) is 2. The van der Waals surface area contributed by atoms with Crippen molar-refractivity contribution in [1.29, 1.82) is 0 Å². The quantitative estimate of drug-likeness (QED) is 0.553. The molecule has 0 saturated heterocycles. The molecule has 15 heavy (non-hydrogen) atoms. The Morgan fingerprint density at radius 3 is 2.53 bits per heavy atom. The maximum absolute atomic E-state index is 11.3. The molecule has 3 N–H and O–H groups in total. The summed E-state index contributed by atoms with van der Waals surface area (Å²) in [6, 6.07) is 0. The van der Waals surface area contributed by atoms with Crippen molar-refractivity contribution in [3.05, 3.63) is 0 Å². The Labute approximate surface area is 93.2 Å². The molecule has 0 radical (unpaired) electrons. The zero-order valence-corrected chi connectivity index (χ0v) is 10.1. The summed E-state index contributed by atoms with van der Waals surface area (Å²) >= 11 is 0. The Morgan fingerprint density at radius 2 is 1.93 bits per heavy atom. The molecule has 0 spiro atoms. The number of carbonyl (C=O) groups is 1. The van der Waals surface area contributed by atoms with Gasteiger partial charge in [0, 0.05) is 13.0 Å². The first-order chi connectivity index (χ1) is 7.16. The third-order valence-electron chi connectivity index (χ3n) is 2.21. The first-order valence-electron chi connectivity index (χ1n) is 5.78. The number of hydrogen-bond acceptors (Lipinski definition) is 3. The minimum absolute atomic E-state index is 0.160. The van der Waals surface area contributed by atoms with Crippen molar-refractivity contribution in [3.63, 3.8) is 0 Å². The molecule has 0 aliphatic rings. The molecule has 0 aromatic carbocycles. The molecule has 0 aliphatic heterocycles. The van der Waals surface area contributed by atoms with Crippen LogP contribution in [0.2, 0.25) is 0 Å². The normalized spacial score (nSPS) is 10.7. The molecule has 4 heteroatoms. The molecule has 0 saturated carbocycles. The summed E-state index contributed by atoms with van der Waals surface area (Å²) in [7, 11) is 4.12. The van der Waals surface area contributed by atoms with Gasteiger partial charge in [0.25, 0.3) is 0 Å². The minimum Gasteiger partial charge on any atom is -0.356 e. The van der Waals surface area contributed by atoms with Crippen molar-refractivity contribution in [1.82, 2.24) is 10.2 Å². The van der Waals surface area contributed by atoms with E-state index in [4.69, 9.17) is 5.73 Å². The first-order valence-corrected chi connectivity index (χ1v) is 5.78. The van der Waals surface area contributed by atoms with Crippen LogP contribution >= 0.6 is 0 Å². The van der Waals surface area contributed by atoms with Crippen molar-refractivity contribution in [2.45, 2.75) is 32.1 Å². The second kappa shape index (κ2) is 9.93. The molecule has 4 nitrogen and oxygen atoms in total. The average Bonchev–Trinajstić information content (AvgIpc) is 2.17. The number of nitrogens with two attached hydrogens (primary N) is 1. The molecule has 90 valence electrons. The van der Waals surface area contributed by atoms with Gasteiger partial charge < -0.3 is 16.0 Å². The topological polar surface area (TPSA) is 58.4 Å².